The number of rotatable bonds is 3. The molecule has 0 aliphatic heterocycles. The standard InChI is InChI=1S/C16H19Cl/c1-3-12-6-5-7-16(15(12)4-2)13-8-10-14(17)11-9-13/h6-11,15H,3-5H2,1-2H3. The summed E-state index contributed by atoms with van der Waals surface area (Å²) in [6.07, 6.45) is 8.14. The molecule has 1 heteroatoms. The summed E-state index contributed by atoms with van der Waals surface area (Å²) in [7, 11) is 0. The van der Waals surface area contributed by atoms with Crippen LogP contribution in [0.2, 0.25) is 5.02 Å². The molecule has 1 aliphatic carbocycles. The molecular formula is C16H19Cl. The van der Waals surface area contributed by atoms with Crippen molar-refractivity contribution in [2.24, 2.45) is 5.92 Å². The summed E-state index contributed by atoms with van der Waals surface area (Å²) in [5.41, 5.74) is 4.38. The molecule has 0 amide bonds. The highest BCUT2D eigenvalue weighted by atomic mass is 35.5. The molecule has 0 aromatic heterocycles. The summed E-state index contributed by atoms with van der Waals surface area (Å²) >= 11 is 5.95. The smallest absolute Gasteiger partial charge is 0.0406 e. The number of benzene rings is 1. The summed E-state index contributed by atoms with van der Waals surface area (Å²) in [5, 5.41) is 0.810. The normalized spacial score (nSPS) is 19.8. The van der Waals surface area contributed by atoms with Gasteiger partial charge in [0.05, 0.1) is 0 Å². The van der Waals surface area contributed by atoms with Crippen LogP contribution in [0.5, 0.6) is 0 Å². The maximum Gasteiger partial charge on any atom is 0.0406 e. The monoisotopic (exact) mass is 246 g/mol. The number of hydrogen-bond donors (Lipinski definition) is 0. The molecule has 0 nitrogen and oxygen atoms in total. The third-order valence-corrected chi connectivity index (χ3v) is 3.79. The van der Waals surface area contributed by atoms with Gasteiger partial charge in [-0.25, -0.2) is 0 Å². The Hall–Kier alpha value is -1.01. The molecule has 0 spiro atoms. The lowest BCUT2D eigenvalue weighted by atomic mass is 9.80. The van der Waals surface area contributed by atoms with Crippen molar-refractivity contribution in [2.45, 2.75) is 33.1 Å². The lowest BCUT2D eigenvalue weighted by Gasteiger charge is -2.25. The molecule has 0 heterocycles. The van der Waals surface area contributed by atoms with E-state index in [9.17, 15) is 0 Å². The molecule has 0 saturated heterocycles. The van der Waals surface area contributed by atoms with Crippen LogP contribution in [0.3, 0.4) is 0 Å². The largest absolute Gasteiger partial charge is 0.0843 e. The molecule has 1 aromatic rings. The first-order valence-corrected chi connectivity index (χ1v) is 6.79. The Morgan fingerprint density at radius 3 is 2.41 bits per heavy atom. The van der Waals surface area contributed by atoms with Crippen LogP contribution in [0.4, 0.5) is 0 Å². The second kappa shape index (κ2) is 5.55. The molecule has 0 radical (unpaired) electrons. The van der Waals surface area contributed by atoms with Crippen molar-refractivity contribution in [1.29, 1.82) is 0 Å². The van der Waals surface area contributed by atoms with Gasteiger partial charge in [0.1, 0.15) is 0 Å². The molecule has 0 fully saturated rings. The van der Waals surface area contributed by atoms with Gasteiger partial charge in [0, 0.05) is 10.9 Å². The SMILES string of the molecule is CCC1=CCC=C(c2ccc(Cl)cc2)C1CC. The van der Waals surface area contributed by atoms with Crippen molar-refractivity contribution in [3.8, 4) is 0 Å². The van der Waals surface area contributed by atoms with Gasteiger partial charge in [-0.3, -0.25) is 0 Å². The van der Waals surface area contributed by atoms with Gasteiger partial charge < -0.3 is 0 Å². The van der Waals surface area contributed by atoms with E-state index >= 15 is 0 Å². The van der Waals surface area contributed by atoms with Gasteiger partial charge in [-0.05, 0) is 42.5 Å². The fraction of sp³-hybridized carbons (Fsp3) is 0.375. The zero-order valence-electron chi connectivity index (χ0n) is 10.5. The van der Waals surface area contributed by atoms with E-state index in [1.807, 2.05) is 12.1 Å². The number of allylic oxidation sites excluding steroid dienone is 4. The fourth-order valence-electron chi connectivity index (χ4n) is 2.66. The minimum atomic E-state index is 0.593. The molecule has 0 N–H and O–H groups in total. The first-order valence-electron chi connectivity index (χ1n) is 6.41. The highest BCUT2D eigenvalue weighted by Gasteiger charge is 2.19. The van der Waals surface area contributed by atoms with E-state index in [0.29, 0.717) is 5.92 Å². The lowest BCUT2D eigenvalue weighted by Crippen LogP contribution is -2.09. The number of halogens is 1. The Morgan fingerprint density at radius 1 is 1.12 bits per heavy atom. The third-order valence-electron chi connectivity index (χ3n) is 3.53. The zero-order valence-corrected chi connectivity index (χ0v) is 11.3. The van der Waals surface area contributed by atoms with Crippen LogP contribution in [-0.2, 0) is 0 Å². The van der Waals surface area contributed by atoms with Crippen molar-refractivity contribution >= 4 is 17.2 Å². The predicted octanol–water partition coefficient (Wildman–Crippen LogP) is 5.49. The molecule has 2 rings (SSSR count). The van der Waals surface area contributed by atoms with E-state index in [1.165, 1.54) is 17.6 Å². The second-order valence-corrected chi connectivity index (χ2v) is 4.93. The van der Waals surface area contributed by atoms with Gasteiger partial charge in [0.15, 0.2) is 0 Å². The molecule has 1 aliphatic rings. The highest BCUT2D eigenvalue weighted by Crippen LogP contribution is 2.37. The van der Waals surface area contributed by atoms with Gasteiger partial charge in [-0.15, -0.1) is 0 Å². The lowest BCUT2D eigenvalue weighted by molar-refractivity contribution is 0.703. The first kappa shape index (κ1) is 12.4. The minimum Gasteiger partial charge on any atom is -0.0843 e. The van der Waals surface area contributed by atoms with Crippen LogP contribution in [0.1, 0.15) is 38.7 Å². The maximum atomic E-state index is 5.95. The summed E-state index contributed by atoms with van der Waals surface area (Å²) in [4.78, 5) is 0. The minimum absolute atomic E-state index is 0.593. The van der Waals surface area contributed by atoms with E-state index in [0.717, 1.165) is 17.9 Å². The van der Waals surface area contributed by atoms with E-state index in [1.54, 1.807) is 5.57 Å². The van der Waals surface area contributed by atoms with Crippen LogP contribution in [0, 0.1) is 5.92 Å². The first-order chi connectivity index (χ1) is 8.26. The van der Waals surface area contributed by atoms with Crippen molar-refractivity contribution in [1.82, 2.24) is 0 Å². The van der Waals surface area contributed by atoms with Crippen molar-refractivity contribution < 1.29 is 0 Å². The number of hydrogen-bond acceptors (Lipinski definition) is 0. The second-order valence-electron chi connectivity index (χ2n) is 4.50. The van der Waals surface area contributed by atoms with E-state index < -0.39 is 0 Å². The van der Waals surface area contributed by atoms with Crippen LogP contribution in [0.25, 0.3) is 5.57 Å². The Kier molecular flexibility index (Phi) is 4.06. The van der Waals surface area contributed by atoms with Gasteiger partial charge in [-0.2, -0.15) is 0 Å². The molecular weight excluding hydrogens is 228 g/mol. The summed E-state index contributed by atoms with van der Waals surface area (Å²) < 4.78 is 0. The summed E-state index contributed by atoms with van der Waals surface area (Å²) in [6, 6.07) is 8.23. The van der Waals surface area contributed by atoms with Crippen LogP contribution in [0.15, 0.2) is 42.0 Å². The summed E-state index contributed by atoms with van der Waals surface area (Å²) in [5.74, 6) is 0.593. The molecule has 1 atom stereocenters. The van der Waals surface area contributed by atoms with Gasteiger partial charge in [0.2, 0.25) is 0 Å². The van der Waals surface area contributed by atoms with Gasteiger partial charge in [-0.1, -0.05) is 55.3 Å². The Morgan fingerprint density at radius 2 is 1.82 bits per heavy atom. The van der Waals surface area contributed by atoms with E-state index in [4.69, 9.17) is 11.6 Å². The van der Waals surface area contributed by atoms with E-state index in [2.05, 4.69) is 38.1 Å². The zero-order chi connectivity index (χ0) is 12.3. The highest BCUT2D eigenvalue weighted by molar-refractivity contribution is 6.30. The van der Waals surface area contributed by atoms with Crippen LogP contribution < -0.4 is 0 Å². The molecule has 0 saturated carbocycles. The molecule has 90 valence electrons. The van der Waals surface area contributed by atoms with Crippen LogP contribution in [-0.4, -0.2) is 0 Å². The van der Waals surface area contributed by atoms with Crippen molar-refractivity contribution in [3.63, 3.8) is 0 Å². The molecule has 17 heavy (non-hydrogen) atoms. The molecule has 1 unspecified atom stereocenters. The quantitative estimate of drug-likeness (QED) is 0.619. The topological polar surface area (TPSA) is 0 Å². The Labute approximate surface area is 109 Å². The Balaban J connectivity index is 2.31. The summed E-state index contributed by atoms with van der Waals surface area (Å²) in [6.45, 7) is 4.52. The average molecular weight is 247 g/mol. The molecule has 0 bridgehead atoms. The average Bonchev–Trinajstić information content (AvgIpc) is 2.38. The van der Waals surface area contributed by atoms with Crippen LogP contribution >= 0.6 is 11.6 Å². The van der Waals surface area contributed by atoms with Crippen molar-refractivity contribution in [2.75, 3.05) is 0 Å². The Bertz CT molecular complexity index is 437. The fourth-order valence-corrected chi connectivity index (χ4v) is 2.78. The van der Waals surface area contributed by atoms with E-state index in [-0.39, 0.29) is 0 Å². The maximum absolute atomic E-state index is 5.95. The third kappa shape index (κ3) is 2.63. The predicted molar refractivity (Wildman–Crippen MR) is 76.2 cm³/mol. The van der Waals surface area contributed by atoms with Gasteiger partial charge >= 0.3 is 0 Å². The van der Waals surface area contributed by atoms with Gasteiger partial charge in [0.25, 0.3) is 0 Å². The van der Waals surface area contributed by atoms with Crippen molar-refractivity contribution in [3.05, 3.63) is 52.6 Å². The molecule has 1 aromatic carbocycles.